The van der Waals surface area contributed by atoms with Crippen LogP contribution >= 0.6 is 0 Å². The van der Waals surface area contributed by atoms with E-state index in [-0.39, 0.29) is 0 Å². The highest BCUT2D eigenvalue weighted by Gasteiger charge is 2.21. The van der Waals surface area contributed by atoms with E-state index in [1.165, 1.54) is 19.2 Å². The van der Waals surface area contributed by atoms with Crippen molar-refractivity contribution in [3.63, 3.8) is 0 Å². The highest BCUT2D eigenvalue weighted by molar-refractivity contribution is 5.46. The van der Waals surface area contributed by atoms with Crippen molar-refractivity contribution < 1.29 is 4.74 Å². The summed E-state index contributed by atoms with van der Waals surface area (Å²) < 4.78 is 5.01. The molecule has 0 heterocycles. The van der Waals surface area contributed by atoms with Crippen LogP contribution in [0, 0.1) is 0 Å². The zero-order valence-corrected chi connectivity index (χ0v) is 4.42. The first-order valence-electron chi connectivity index (χ1n) is 2.49. The fraction of sp³-hybridized carbons (Fsp3) is 0.800. The zero-order chi connectivity index (χ0) is 5.11. The van der Waals surface area contributed by atoms with Crippen LogP contribution in [0.15, 0.2) is 4.99 Å². The molecule has 7 heavy (non-hydrogen) atoms. The van der Waals surface area contributed by atoms with E-state index in [4.69, 9.17) is 4.74 Å². The topological polar surface area (TPSA) is 21.6 Å². The van der Waals surface area contributed by atoms with Crippen molar-refractivity contribution in [2.75, 3.05) is 7.05 Å². The van der Waals surface area contributed by atoms with Gasteiger partial charge in [-0.25, -0.2) is 0 Å². The zero-order valence-electron chi connectivity index (χ0n) is 4.42. The predicted molar refractivity (Wildman–Crippen MR) is 28.5 cm³/mol. The van der Waals surface area contributed by atoms with Crippen LogP contribution in [0.5, 0.6) is 0 Å². The first kappa shape index (κ1) is 4.62. The molecule has 1 rings (SSSR count). The lowest BCUT2D eigenvalue weighted by Gasteiger charge is -1.88. The van der Waals surface area contributed by atoms with E-state index in [2.05, 4.69) is 4.99 Å². The van der Waals surface area contributed by atoms with Gasteiger partial charge in [0.15, 0.2) is 6.40 Å². The smallest absolute Gasteiger partial charge is 0.169 e. The van der Waals surface area contributed by atoms with Crippen LogP contribution in [0.4, 0.5) is 0 Å². The van der Waals surface area contributed by atoms with Crippen molar-refractivity contribution in [3.05, 3.63) is 0 Å². The quantitative estimate of drug-likeness (QED) is 0.371. The number of nitrogens with zero attached hydrogens (tertiary/aromatic N) is 1. The van der Waals surface area contributed by atoms with Crippen LogP contribution in [-0.2, 0) is 4.74 Å². The summed E-state index contributed by atoms with van der Waals surface area (Å²) in [5.74, 6) is 0. The standard InChI is InChI=1S/C5H9NO/c1-6-4-7-5-2-3-5/h4-5H,2-3H2,1H3/b6-4+. The van der Waals surface area contributed by atoms with Crippen molar-refractivity contribution in [1.82, 2.24) is 0 Å². The van der Waals surface area contributed by atoms with Gasteiger partial charge < -0.3 is 4.74 Å². The Labute approximate surface area is 43.2 Å². The van der Waals surface area contributed by atoms with Gasteiger partial charge in [0.2, 0.25) is 0 Å². The minimum Gasteiger partial charge on any atom is -0.480 e. The number of rotatable bonds is 2. The summed E-state index contributed by atoms with van der Waals surface area (Å²) in [7, 11) is 1.71. The minimum atomic E-state index is 0.503. The number of aliphatic imine (C=N–C) groups is 1. The Morgan fingerprint density at radius 1 is 1.71 bits per heavy atom. The van der Waals surface area contributed by atoms with Gasteiger partial charge in [-0.1, -0.05) is 0 Å². The molecule has 0 saturated heterocycles. The largest absolute Gasteiger partial charge is 0.480 e. The molecule has 0 aromatic heterocycles. The molecule has 0 aliphatic heterocycles. The van der Waals surface area contributed by atoms with E-state index in [0.717, 1.165) is 0 Å². The van der Waals surface area contributed by atoms with E-state index < -0.39 is 0 Å². The van der Waals surface area contributed by atoms with Gasteiger partial charge in [0.25, 0.3) is 0 Å². The molecule has 1 aliphatic carbocycles. The maximum absolute atomic E-state index is 5.01. The lowest BCUT2D eigenvalue weighted by Crippen LogP contribution is -1.87. The maximum atomic E-state index is 5.01. The Bertz CT molecular complexity index is 76.1. The summed E-state index contributed by atoms with van der Waals surface area (Å²) in [4.78, 5) is 3.67. The number of ether oxygens (including phenoxy) is 1. The lowest BCUT2D eigenvalue weighted by molar-refractivity contribution is 0.304. The molecule has 2 heteroatoms. The van der Waals surface area contributed by atoms with Crippen molar-refractivity contribution in [1.29, 1.82) is 0 Å². The van der Waals surface area contributed by atoms with E-state index in [1.54, 1.807) is 7.05 Å². The maximum Gasteiger partial charge on any atom is 0.169 e. The van der Waals surface area contributed by atoms with Gasteiger partial charge in [-0.3, -0.25) is 4.99 Å². The molecule has 0 radical (unpaired) electrons. The second-order valence-electron chi connectivity index (χ2n) is 1.70. The molecule has 0 aromatic rings. The van der Waals surface area contributed by atoms with Gasteiger partial charge in [-0.15, -0.1) is 0 Å². The van der Waals surface area contributed by atoms with Gasteiger partial charge in [0, 0.05) is 7.05 Å². The van der Waals surface area contributed by atoms with Crippen LogP contribution in [0.2, 0.25) is 0 Å². The first-order chi connectivity index (χ1) is 3.43. The van der Waals surface area contributed by atoms with E-state index in [1.807, 2.05) is 0 Å². The van der Waals surface area contributed by atoms with Crippen LogP contribution in [0.1, 0.15) is 12.8 Å². The van der Waals surface area contributed by atoms with Crippen molar-refractivity contribution in [2.24, 2.45) is 4.99 Å². The van der Waals surface area contributed by atoms with Crippen LogP contribution < -0.4 is 0 Å². The number of hydrogen-bond donors (Lipinski definition) is 0. The highest BCUT2D eigenvalue weighted by atomic mass is 16.5. The summed E-state index contributed by atoms with van der Waals surface area (Å²) in [6.07, 6.45) is 4.44. The van der Waals surface area contributed by atoms with Gasteiger partial charge in [0.1, 0.15) is 6.10 Å². The Kier molecular flexibility index (Phi) is 1.29. The molecule has 1 fully saturated rings. The molecular formula is C5H9NO. The third kappa shape index (κ3) is 1.57. The third-order valence-electron chi connectivity index (χ3n) is 0.883. The van der Waals surface area contributed by atoms with Crippen molar-refractivity contribution in [3.8, 4) is 0 Å². The molecule has 0 spiro atoms. The van der Waals surface area contributed by atoms with Crippen LogP contribution in [0.3, 0.4) is 0 Å². The second-order valence-corrected chi connectivity index (χ2v) is 1.70. The van der Waals surface area contributed by atoms with Crippen LogP contribution in [-0.4, -0.2) is 19.6 Å². The molecule has 0 unspecified atom stereocenters. The fourth-order valence-electron chi connectivity index (χ4n) is 0.351. The monoisotopic (exact) mass is 99.1 g/mol. The Balaban J connectivity index is 1.98. The molecule has 0 aromatic carbocycles. The van der Waals surface area contributed by atoms with Crippen molar-refractivity contribution >= 4 is 6.40 Å². The van der Waals surface area contributed by atoms with Gasteiger partial charge in [-0.05, 0) is 12.8 Å². The second kappa shape index (κ2) is 1.96. The summed E-state index contributed by atoms with van der Waals surface area (Å²) in [5, 5.41) is 0. The molecule has 40 valence electrons. The average molecular weight is 99.1 g/mol. The first-order valence-corrected chi connectivity index (χ1v) is 2.49. The molecular weight excluding hydrogens is 90.1 g/mol. The molecule has 2 nitrogen and oxygen atoms in total. The molecule has 1 saturated carbocycles. The highest BCUT2D eigenvalue weighted by Crippen LogP contribution is 2.21. The van der Waals surface area contributed by atoms with E-state index >= 15 is 0 Å². The molecule has 0 atom stereocenters. The lowest BCUT2D eigenvalue weighted by atomic mass is 10.8. The average Bonchev–Trinajstić information content (AvgIpc) is 2.42. The minimum absolute atomic E-state index is 0.503. The summed E-state index contributed by atoms with van der Waals surface area (Å²) in [6, 6.07) is 0. The Morgan fingerprint density at radius 2 is 2.43 bits per heavy atom. The van der Waals surface area contributed by atoms with Crippen molar-refractivity contribution in [2.45, 2.75) is 18.9 Å². The molecule has 0 bridgehead atoms. The van der Waals surface area contributed by atoms with Gasteiger partial charge in [0.05, 0.1) is 0 Å². The summed E-state index contributed by atoms with van der Waals surface area (Å²) in [6.45, 7) is 0. The number of hydrogen-bond acceptors (Lipinski definition) is 2. The van der Waals surface area contributed by atoms with Gasteiger partial charge in [-0.2, -0.15) is 0 Å². The van der Waals surface area contributed by atoms with E-state index in [9.17, 15) is 0 Å². The Hall–Kier alpha value is -0.530. The predicted octanol–water partition coefficient (Wildman–Crippen LogP) is 0.824. The van der Waals surface area contributed by atoms with E-state index in [0.29, 0.717) is 6.10 Å². The molecule has 1 aliphatic rings. The third-order valence-corrected chi connectivity index (χ3v) is 0.883. The normalized spacial score (nSPS) is 20.7. The SMILES string of the molecule is C/N=C/OC1CC1. The fourth-order valence-corrected chi connectivity index (χ4v) is 0.351. The molecule has 0 N–H and O–H groups in total. The summed E-state index contributed by atoms with van der Waals surface area (Å²) in [5.41, 5.74) is 0. The van der Waals surface area contributed by atoms with Crippen LogP contribution in [0.25, 0.3) is 0 Å². The van der Waals surface area contributed by atoms with Gasteiger partial charge >= 0.3 is 0 Å². The Morgan fingerprint density at radius 3 is 2.86 bits per heavy atom. The molecule has 0 amide bonds. The summed E-state index contributed by atoms with van der Waals surface area (Å²) >= 11 is 0.